The van der Waals surface area contributed by atoms with Gasteiger partial charge in [0, 0.05) is 25.1 Å². The number of pyridine rings is 2. The molecule has 0 aliphatic carbocycles. The number of hydrogen-bond donors (Lipinski definition) is 1. The minimum atomic E-state index is -0.365. The van der Waals surface area contributed by atoms with Crippen molar-refractivity contribution in [2.24, 2.45) is 0 Å². The third kappa shape index (κ3) is 1.95. The van der Waals surface area contributed by atoms with Crippen LogP contribution in [0.5, 0.6) is 0 Å². The Hall–Kier alpha value is -1.94. The van der Waals surface area contributed by atoms with Crippen LogP contribution in [0.2, 0.25) is 0 Å². The van der Waals surface area contributed by atoms with Gasteiger partial charge in [-0.15, -0.1) is 0 Å². The topological polar surface area (TPSA) is 49.2 Å². The molecule has 2 atom stereocenters. The first kappa shape index (κ1) is 11.2. The number of anilines is 1. The van der Waals surface area contributed by atoms with Gasteiger partial charge in [0.15, 0.2) is 0 Å². The van der Waals surface area contributed by atoms with E-state index in [0.717, 1.165) is 24.3 Å². The second kappa shape index (κ2) is 4.74. The average Bonchev–Trinajstić information content (AvgIpc) is 2.83. The lowest BCUT2D eigenvalue weighted by atomic mass is 10.0. The highest BCUT2D eigenvalue weighted by molar-refractivity contribution is 5.44. The number of hydrogen-bond acceptors (Lipinski definition) is 4. The smallest absolute Gasteiger partial charge is 0.129 e. The van der Waals surface area contributed by atoms with Crippen LogP contribution in [0.1, 0.15) is 18.0 Å². The molecule has 4 nitrogen and oxygen atoms in total. The Kier molecular flexibility index (Phi) is 2.94. The number of nitrogens with zero attached hydrogens (tertiary/aromatic N) is 3. The second-order valence-electron chi connectivity index (χ2n) is 4.47. The lowest BCUT2D eigenvalue weighted by molar-refractivity contribution is 0.164. The van der Waals surface area contributed by atoms with Crippen molar-refractivity contribution in [3.05, 3.63) is 54.5 Å². The molecular weight excluding hydrogens is 226 g/mol. The van der Waals surface area contributed by atoms with E-state index in [0.29, 0.717) is 0 Å². The van der Waals surface area contributed by atoms with Gasteiger partial charge in [-0.1, -0.05) is 12.1 Å². The normalized spacial score (nSPS) is 23.3. The summed E-state index contributed by atoms with van der Waals surface area (Å²) in [4.78, 5) is 10.6. The fourth-order valence-corrected chi connectivity index (χ4v) is 2.51. The zero-order valence-corrected chi connectivity index (χ0v) is 9.98. The van der Waals surface area contributed by atoms with Gasteiger partial charge >= 0.3 is 0 Å². The maximum atomic E-state index is 10.2. The fraction of sp³-hybridized carbons (Fsp3) is 0.286. The molecule has 1 aliphatic heterocycles. The van der Waals surface area contributed by atoms with Crippen molar-refractivity contribution in [3.63, 3.8) is 0 Å². The van der Waals surface area contributed by atoms with Crippen LogP contribution < -0.4 is 4.90 Å². The standard InChI is InChI=1S/C14H15N3O/c18-12-6-9-17(13-5-1-2-8-16-13)14(12)11-4-3-7-15-10-11/h1-5,7-8,10,12,14,18H,6,9H2. The lowest BCUT2D eigenvalue weighted by Gasteiger charge is -2.27. The highest BCUT2D eigenvalue weighted by Crippen LogP contribution is 2.34. The molecule has 1 saturated heterocycles. The first-order chi connectivity index (χ1) is 8.86. The molecule has 1 fully saturated rings. The third-order valence-corrected chi connectivity index (χ3v) is 3.34. The molecule has 2 aromatic heterocycles. The van der Waals surface area contributed by atoms with E-state index >= 15 is 0 Å². The number of aliphatic hydroxyl groups is 1. The van der Waals surface area contributed by atoms with Gasteiger partial charge in [-0.25, -0.2) is 4.98 Å². The predicted octanol–water partition coefficient (Wildman–Crippen LogP) is 1.79. The summed E-state index contributed by atoms with van der Waals surface area (Å²) in [6.07, 6.45) is 5.73. The molecule has 92 valence electrons. The van der Waals surface area contributed by atoms with E-state index < -0.39 is 0 Å². The van der Waals surface area contributed by atoms with E-state index in [2.05, 4.69) is 14.9 Å². The van der Waals surface area contributed by atoms with Crippen molar-refractivity contribution in [3.8, 4) is 0 Å². The molecule has 3 rings (SSSR count). The second-order valence-corrected chi connectivity index (χ2v) is 4.47. The van der Waals surface area contributed by atoms with Crippen LogP contribution in [0, 0.1) is 0 Å². The quantitative estimate of drug-likeness (QED) is 0.870. The van der Waals surface area contributed by atoms with Gasteiger partial charge in [0.1, 0.15) is 5.82 Å². The van der Waals surface area contributed by atoms with Gasteiger partial charge in [-0.3, -0.25) is 4.98 Å². The minimum absolute atomic E-state index is 0.0476. The Morgan fingerprint density at radius 1 is 1.17 bits per heavy atom. The van der Waals surface area contributed by atoms with E-state index in [4.69, 9.17) is 0 Å². The van der Waals surface area contributed by atoms with Crippen LogP contribution in [0.3, 0.4) is 0 Å². The third-order valence-electron chi connectivity index (χ3n) is 3.34. The van der Waals surface area contributed by atoms with Crippen LogP contribution in [0.25, 0.3) is 0 Å². The summed E-state index contributed by atoms with van der Waals surface area (Å²) in [6, 6.07) is 9.69. The van der Waals surface area contributed by atoms with E-state index in [1.165, 1.54) is 0 Å². The summed E-state index contributed by atoms with van der Waals surface area (Å²) in [5, 5.41) is 10.2. The van der Waals surface area contributed by atoms with Crippen LogP contribution in [-0.4, -0.2) is 27.7 Å². The maximum Gasteiger partial charge on any atom is 0.129 e. The highest BCUT2D eigenvalue weighted by Gasteiger charge is 2.34. The van der Waals surface area contributed by atoms with E-state index in [9.17, 15) is 5.11 Å². The number of rotatable bonds is 2. The molecule has 1 N–H and O–H groups in total. The van der Waals surface area contributed by atoms with Gasteiger partial charge in [0.25, 0.3) is 0 Å². The van der Waals surface area contributed by atoms with Crippen LogP contribution in [-0.2, 0) is 0 Å². The van der Waals surface area contributed by atoms with Gasteiger partial charge < -0.3 is 10.0 Å². The summed E-state index contributed by atoms with van der Waals surface area (Å²) in [7, 11) is 0. The largest absolute Gasteiger partial charge is 0.391 e. The zero-order chi connectivity index (χ0) is 12.4. The predicted molar refractivity (Wildman–Crippen MR) is 69.2 cm³/mol. The van der Waals surface area contributed by atoms with Gasteiger partial charge in [-0.05, 0) is 30.2 Å². The van der Waals surface area contributed by atoms with Crippen molar-refractivity contribution in [2.45, 2.75) is 18.6 Å². The molecule has 3 heterocycles. The molecule has 18 heavy (non-hydrogen) atoms. The zero-order valence-electron chi connectivity index (χ0n) is 9.98. The monoisotopic (exact) mass is 241 g/mol. The fourth-order valence-electron chi connectivity index (χ4n) is 2.51. The summed E-state index contributed by atoms with van der Waals surface area (Å²) >= 11 is 0. The molecule has 0 spiro atoms. The molecule has 2 unspecified atom stereocenters. The molecule has 0 bridgehead atoms. The maximum absolute atomic E-state index is 10.2. The first-order valence-electron chi connectivity index (χ1n) is 6.12. The van der Waals surface area contributed by atoms with Crippen molar-refractivity contribution >= 4 is 5.82 Å². The first-order valence-corrected chi connectivity index (χ1v) is 6.12. The molecule has 0 saturated carbocycles. The Morgan fingerprint density at radius 2 is 2.11 bits per heavy atom. The summed E-state index contributed by atoms with van der Waals surface area (Å²) in [5.41, 5.74) is 1.04. The Bertz CT molecular complexity index is 503. The van der Waals surface area contributed by atoms with E-state index in [1.807, 2.05) is 36.5 Å². The molecule has 0 aromatic carbocycles. The molecular formula is C14H15N3O. The van der Waals surface area contributed by atoms with Crippen LogP contribution in [0.4, 0.5) is 5.82 Å². The van der Waals surface area contributed by atoms with Crippen molar-refractivity contribution in [1.82, 2.24) is 9.97 Å². The summed E-state index contributed by atoms with van der Waals surface area (Å²) in [5.74, 6) is 0.905. The van der Waals surface area contributed by atoms with Gasteiger partial charge in [-0.2, -0.15) is 0 Å². The van der Waals surface area contributed by atoms with Crippen LogP contribution in [0.15, 0.2) is 48.9 Å². The molecule has 0 radical (unpaired) electrons. The molecule has 1 aliphatic rings. The van der Waals surface area contributed by atoms with Crippen LogP contribution >= 0.6 is 0 Å². The van der Waals surface area contributed by atoms with Gasteiger partial charge in [0.05, 0.1) is 12.1 Å². The van der Waals surface area contributed by atoms with E-state index in [1.54, 1.807) is 12.4 Å². The van der Waals surface area contributed by atoms with Crippen molar-refractivity contribution in [2.75, 3.05) is 11.4 Å². The summed E-state index contributed by atoms with van der Waals surface area (Å²) < 4.78 is 0. The highest BCUT2D eigenvalue weighted by atomic mass is 16.3. The number of aromatic nitrogens is 2. The van der Waals surface area contributed by atoms with Gasteiger partial charge in [0.2, 0.25) is 0 Å². The van der Waals surface area contributed by atoms with Crippen molar-refractivity contribution in [1.29, 1.82) is 0 Å². The Morgan fingerprint density at radius 3 is 2.83 bits per heavy atom. The van der Waals surface area contributed by atoms with E-state index in [-0.39, 0.29) is 12.1 Å². The molecule has 0 amide bonds. The minimum Gasteiger partial charge on any atom is -0.391 e. The van der Waals surface area contributed by atoms with Crippen molar-refractivity contribution < 1.29 is 5.11 Å². The lowest BCUT2D eigenvalue weighted by Crippen LogP contribution is -2.27. The average molecular weight is 241 g/mol. The Balaban J connectivity index is 1.96. The molecule has 4 heteroatoms. The summed E-state index contributed by atoms with van der Waals surface area (Å²) in [6.45, 7) is 0.817. The Labute approximate surface area is 106 Å². The number of aliphatic hydroxyl groups excluding tert-OH is 1. The SMILES string of the molecule is OC1CCN(c2ccccn2)C1c1cccnc1. The molecule has 2 aromatic rings.